The molecule has 39 heavy (non-hydrogen) atoms. The number of nitrogens with zero attached hydrogens (tertiary/aromatic N) is 2. The summed E-state index contributed by atoms with van der Waals surface area (Å²) in [5.74, 6) is 0.258. The normalized spacial score (nSPS) is 21.3. The predicted molar refractivity (Wildman–Crippen MR) is 146 cm³/mol. The van der Waals surface area contributed by atoms with Gasteiger partial charge in [-0.3, -0.25) is 9.69 Å². The number of nitrogens with one attached hydrogen (secondary N) is 1. The summed E-state index contributed by atoms with van der Waals surface area (Å²) in [6.07, 6.45) is -0.933. The molecule has 2 aliphatic rings. The van der Waals surface area contributed by atoms with Crippen LogP contribution in [-0.2, 0) is 20.9 Å². The zero-order valence-corrected chi connectivity index (χ0v) is 23.3. The van der Waals surface area contributed by atoms with E-state index in [2.05, 4.69) is 5.32 Å². The number of rotatable bonds is 7. The van der Waals surface area contributed by atoms with E-state index in [1.165, 1.54) is 0 Å². The minimum Gasteiger partial charge on any atom is -0.486 e. The molecular weight excluding hydrogens is 498 g/mol. The number of fused-ring (bicyclic) bond motifs is 1. The third-order valence-corrected chi connectivity index (χ3v) is 6.94. The number of benzene rings is 2. The first-order chi connectivity index (χ1) is 18.5. The summed E-state index contributed by atoms with van der Waals surface area (Å²) >= 11 is 0. The van der Waals surface area contributed by atoms with Crippen molar-refractivity contribution in [2.24, 2.45) is 5.92 Å². The Kier molecular flexibility index (Phi) is 8.67. The van der Waals surface area contributed by atoms with E-state index >= 15 is 0 Å². The molecular formula is C30H39N3O6. The van der Waals surface area contributed by atoms with Crippen LogP contribution in [-0.4, -0.2) is 70.8 Å². The summed E-state index contributed by atoms with van der Waals surface area (Å²) in [6, 6.07) is 17.3. The number of hydrogen-bond acceptors (Lipinski definition) is 6. The Labute approximate surface area is 230 Å². The van der Waals surface area contributed by atoms with Crippen LogP contribution in [0.25, 0.3) is 0 Å². The second-order valence-corrected chi connectivity index (χ2v) is 11.4. The van der Waals surface area contributed by atoms with Crippen LogP contribution in [0.5, 0.6) is 5.75 Å². The molecule has 3 amide bonds. The molecule has 0 bridgehead atoms. The molecule has 0 aromatic heterocycles. The summed E-state index contributed by atoms with van der Waals surface area (Å²) in [5.41, 5.74) is 0.211. The predicted octanol–water partition coefficient (Wildman–Crippen LogP) is 4.61. The molecule has 0 radical (unpaired) electrons. The van der Waals surface area contributed by atoms with E-state index < -0.39 is 29.9 Å². The molecule has 9 heteroatoms. The molecule has 2 saturated heterocycles. The number of amides is 3. The molecule has 2 heterocycles. The second-order valence-electron chi connectivity index (χ2n) is 11.4. The Balaban J connectivity index is 1.50. The van der Waals surface area contributed by atoms with Gasteiger partial charge in [-0.25, -0.2) is 9.59 Å². The maximum absolute atomic E-state index is 13.9. The van der Waals surface area contributed by atoms with Crippen molar-refractivity contribution >= 4 is 18.1 Å². The van der Waals surface area contributed by atoms with E-state index in [4.69, 9.17) is 14.2 Å². The largest absolute Gasteiger partial charge is 0.486 e. The molecule has 2 aromatic rings. The van der Waals surface area contributed by atoms with Crippen LogP contribution in [0, 0.1) is 5.92 Å². The Bertz CT molecular complexity index is 1130. The minimum absolute atomic E-state index is 0.109. The first-order valence-electron chi connectivity index (χ1n) is 13.5. The standard InChI is InChI=1S/C30H39N3O6/c1-20(2)25(31-28(35)37-19-21-12-8-6-9-13-21)27(34)32-17-16-23-26(32)24(38-22-14-10-7-11-15-22)18-33(23)29(36)39-30(3,4)5/h6-15,20,23-26H,16-19H2,1-5H3,(H,31,35). The fourth-order valence-corrected chi connectivity index (χ4v) is 5.18. The number of likely N-dealkylation sites (tertiary alicyclic amines) is 2. The van der Waals surface area contributed by atoms with Crippen LogP contribution in [0.4, 0.5) is 9.59 Å². The van der Waals surface area contributed by atoms with Gasteiger partial charge in [-0.15, -0.1) is 0 Å². The molecule has 4 atom stereocenters. The fourth-order valence-electron chi connectivity index (χ4n) is 5.18. The lowest BCUT2D eigenvalue weighted by Gasteiger charge is -2.33. The van der Waals surface area contributed by atoms with Crippen molar-refractivity contribution < 1.29 is 28.6 Å². The van der Waals surface area contributed by atoms with E-state index in [0.29, 0.717) is 25.3 Å². The molecule has 1 N–H and O–H groups in total. The third-order valence-electron chi connectivity index (χ3n) is 6.94. The summed E-state index contributed by atoms with van der Waals surface area (Å²) in [6.45, 7) is 10.1. The smallest absolute Gasteiger partial charge is 0.410 e. The van der Waals surface area contributed by atoms with E-state index in [1.54, 1.807) is 9.80 Å². The quantitative estimate of drug-likeness (QED) is 0.554. The number of ether oxygens (including phenoxy) is 3. The third kappa shape index (κ3) is 7.02. The van der Waals surface area contributed by atoms with Crippen LogP contribution >= 0.6 is 0 Å². The highest BCUT2D eigenvalue weighted by Crippen LogP contribution is 2.36. The maximum atomic E-state index is 13.9. The van der Waals surface area contributed by atoms with Gasteiger partial charge in [0.05, 0.1) is 18.6 Å². The lowest BCUT2D eigenvalue weighted by atomic mass is 10.0. The van der Waals surface area contributed by atoms with Gasteiger partial charge >= 0.3 is 12.2 Å². The number of carbonyl (C=O) groups excluding carboxylic acids is 3. The summed E-state index contributed by atoms with van der Waals surface area (Å²) in [7, 11) is 0. The maximum Gasteiger partial charge on any atom is 0.410 e. The lowest BCUT2D eigenvalue weighted by Crippen LogP contribution is -2.55. The zero-order valence-electron chi connectivity index (χ0n) is 23.3. The Morgan fingerprint density at radius 1 is 0.974 bits per heavy atom. The molecule has 4 unspecified atom stereocenters. The molecule has 4 rings (SSSR count). The second kappa shape index (κ2) is 12.0. The van der Waals surface area contributed by atoms with E-state index in [1.807, 2.05) is 95.3 Å². The highest BCUT2D eigenvalue weighted by molar-refractivity contribution is 5.87. The van der Waals surface area contributed by atoms with Crippen molar-refractivity contribution in [1.82, 2.24) is 15.1 Å². The lowest BCUT2D eigenvalue weighted by molar-refractivity contribution is -0.136. The molecule has 0 aliphatic carbocycles. The van der Waals surface area contributed by atoms with E-state index in [9.17, 15) is 14.4 Å². The molecule has 0 spiro atoms. The topological polar surface area (TPSA) is 97.4 Å². The number of carbonyl (C=O) groups is 3. The first kappa shape index (κ1) is 28.3. The van der Waals surface area contributed by atoms with Gasteiger partial charge in [0.2, 0.25) is 5.91 Å². The van der Waals surface area contributed by atoms with Crippen molar-refractivity contribution in [1.29, 1.82) is 0 Å². The van der Waals surface area contributed by atoms with Crippen molar-refractivity contribution in [2.45, 2.75) is 77.5 Å². The first-order valence-corrected chi connectivity index (χ1v) is 13.5. The number of alkyl carbamates (subject to hydrolysis) is 1. The van der Waals surface area contributed by atoms with Crippen molar-refractivity contribution in [3.05, 3.63) is 66.2 Å². The Morgan fingerprint density at radius 2 is 1.62 bits per heavy atom. The number of hydrogen-bond donors (Lipinski definition) is 1. The van der Waals surface area contributed by atoms with Crippen LogP contribution in [0.3, 0.4) is 0 Å². The molecule has 0 saturated carbocycles. The monoisotopic (exact) mass is 537 g/mol. The summed E-state index contributed by atoms with van der Waals surface area (Å²) in [5, 5.41) is 2.77. The average Bonchev–Trinajstić information content (AvgIpc) is 3.47. The minimum atomic E-state index is -0.792. The van der Waals surface area contributed by atoms with Gasteiger partial charge in [-0.1, -0.05) is 62.4 Å². The van der Waals surface area contributed by atoms with Gasteiger partial charge in [0, 0.05) is 6.54 Å². The van der Waals surface area contributed by atoms with Gasteiger partial charge < -0.3 is 24.4 Å². The molecule has 9 nitrogen and oxygen atoms in total. The molecule has 2 aliphatic heterocycles. The van der Waals surface area contributed by atoms with Gasteiger partial charge in [-0.2, -0.15) is 0 Å². The van der Waals surface area contributed by atoms with Crippen LogP contribution < -0.4 is 10.1 Å². The van der Waals surface area contributed by atoms with Crippen LogP contribution in [0.15, 0.2) is 60.7 Å². The van der Waals surface area contributed by atoms with E-state index in [0.717, 1.165) is 5.56 Å². The van der Waals surface area contributed by atoms with Crippen molar-refractivity contribution in [2.75, 3.05) is 13.1 Å². The fraction of sp³-hybridized carbons (Fsp3) is 0.500. The van der Waals surface area contributed by atoms with Gasteiger partial charge in [0.25, 0.3) is 0 Å². The SMILES string of the molecule is CC(C)C(NC(=O)OCc1ccccc1)C(=O)N1CCC2C1C(Oc1ccccc1)CN2C(=O)OC(C)(C)C. The van der Waals surface area contributed by atoms with Crippen LogP contribution in [0.1, 0.15) is 46.6 Å². The molecule has 2 fully saturated rings. The number of para-hydroxylation sites is 1. The van der Waals surface area contributed by atoms with Crippen LogP contribution in [0.2, 0.25) is 0 Å². The van der Waals surface area contributed by atoms with Crippen molar-refractivity contribution in [3.8, 4) is 5.75 Å². The van der Waals surface area contributed by atoms with Gasteiger partial charge in [0.1, 0.15) is 30.1 Å². The Morgan fingerprint density at radius 3 is 2.23 bits per heavy atom. The zero-order chi connectivity index (χ0) is 28.2. The summed E-state index contributed by atoms with van der Waals surface area (Å²) < 4.78 is 17.4. The molecule has 210 valence electrons. The summed E-state index contributed by atoms with van der Waals surface area (Å²) in [4.78, 5) is 43.1. The highest BCUT2D eigenvalue weighted by atomic mass is 16.6. The average molecular weight is 538 g/mol. The van der Waals surface area contributed by atoms with Gasteiger partial charge in [0.15, 0.2) is 0 Å². The van der Waals surface area contributed by atoms with Crippen molar-refractivity contribution in [3.63, 3.8) is 0 Å². The molecule has 2 aromatic carbocycles. The Hall–Kier alpha value is -3.75. The van der Waals surface area contributed by atoms with Gasteiger partial charge in [-0.05, 0) is 50.8 Å². The highest BCUT2D eigenvalue weighted by Gasteiger charge is 2.54. The van der Waals surface area contributed by atoms with E-state index in [-0.39, 0.29) is 30.5 Å².